The summed E-state index contributed by atoms with van der Waals surface area (Å²) in [6.45, 7) is 15.3. The van der Waals surface area contributed by atoms with E-state index in [-0.39, 0.29) is 0 Å². The maximum atomic E-state index is 4.19. The van der Waals surface area contributed by atoms with Gasteiger partial charge in [-0.3, -0.25) is 4.90 Å². The molecule has 1 nitrogen and oxygen atoms in total. The average Bonchev–Trinajstić information content (AvgIpc) is 2.04. The van der Waals surface area contributed by atoms with E-state index in [2.05, 4.69) is 53.1 Å². The zero-order chi connectivity index (χ0) is 10.6. The van der Waals surface area contributed by atoms with Crippen molar-refractivity contribution in [3.63, 3.8) is 0 Å². The second-order valence-corrected chi connectivity index (χ2v) is 4.41. The Morgan fingerprint density at radius 1 is 1.23 bits per heavy atom. The van der Waals surface area contributed by atoms with Gasteiger partial charge < -0.3 is 0 Å². The summed E-state index contributed by atoms with van der Waals surface area (Å²) in [5.41, 5.74) is 1.36. The molecule has 0 aliphatic heterocycles. The molecule has 0 N–H and O–H groups in total. The third kappa shape index (κ3) is 3.51. The van der Waals surface area contributed by atoms with Gasteiger partial charge in [0.25, 0.3) is 0 Å². The van der Waals surface area contributed by atoms with Crippen molar-refractivity contribution in [3.8, 4) is 0 Å². The monoisotopic (exact) mass is 183 g/mol. The molecule has 0 bridgehead atoms. The molecular weight excluding hydrogens is 158 g/mol. The summed E-state index contributed by atoms with van der Waals surface area (Å²) < 4.78 is 0. The van der Waals surface area contributed by atoms with Gasteiger partial charge in [0.05, 0.1) is 0 Å². The molecule has 0 aromatic rings. The zero-order valence-electron chi connectivity index (χ0n) is 10.1. The van der Waals surface area contributed by atoms with Gasteiger partial charge in [-0.1, -0.05) is 32.9 Å². The molecular formula is C12H25N. The molecule has 0 radical (unpaired) electrons. The maximum Gasteiger partial charge on any atom is 0.0304 e. The van der Waals surface area contributed by atoms with Crippen LogP contribution in [0.15, 0.2) is 12.2 Å². The quantitative estimate of drug-likeness (QED) is 0.591. The van der Waals surface area contributed by atoms with Crippen molar-refractivity contribution in [2.75, 3.05) is 7.05 Å². The molecule has 1 atom stereocenters. The highest BCUT2D eigenvalue weighted by molar-refractivity contribution is 5.08. The first-order valence-electron chi connectivity index (χ1n) is 5.32. The first-order valence-corrected chi connectivity index (χ1v) is 5.32. The molecule has 0 heterocycles. The Morgan fingerprint density at radius 2 is 1.69 bits per heavy atom. The van der Waals surface area contributed by atoms with Crippen molar-refractivity contribution < 1.29 is 0 Å². The van der Waals surface area contributed by atoms with E-state index in [9.17, 15) is 0 Å². The Balaban J connectivity index is 4.41. The van der Waals surface area contributed by atoms with Crippen LogP contribution in [0.2, 0.25) is 0 Å². The molecule has 1 unspecified atom stereocenters. The minimum absolute atomic E-state index is 0.542. The molecule has 0 aliphatic carbocycles. The minimum Gasteiger partial charge on any atom is -0.297 e. The number of likely N-dealkylation sites (N-methyl/N-ethyl adjacent to an activating group) is 1. The van der Waals surface area contributed by atoms with Gasteiger partial charge in [0.1, 0.15) is 0 Å². The van der Waals surface area contributed by atoms with Crippen LogP contribution in [-0.2, 0) is 0 Å². The van der Waals surface area contributed by atoms with E-state index in [0.29, 0.717) is 18.0 Å². The molecule has 0 saturated heterocycles. The molecule has 0 aromatic carbocycles. The van der Waals surface area contributed by atoms with Crippen LogP contribution in [0.5, 0.6) is 0 Å². The number of hydrogen-bond acceptors (Lipinski definition) is 1. The van der Waals surface area contributed by atoms with Gasteiger partial charge in [-0.05, 0) is 33.2 Å². The van der Waals surface area contributed by atoms with Crippen LogP contribution in [0.1, 0.15) is 41.0 Å². The molecule has 0 amide bonds. The lowest BCUT2D eigenvalue weighted by Gasteiger charge is -2.33. The Bertz CT molecular complexity index is 159. The second kappa shape index (κ2) is 5.43. The highest BCUT2D eigenvalue weighted by Crippen LogP contribution is 2.20. The third-order valence-corrected chi connectivity index (χ3v) is 2.86. The molecule has 0 spiro atoms. The summed E-state index contributed by atoms with van der Waals surface area (Å²) in [4.78, 5) is 2.41. The van der Waals surface area contributed by atoms with Crippen molar-refractivity contribution in [3.05, 3.63) is 12.2 Å². The van der Waals surface area contributed by atoms with E-state index in [0.717, 1.165) is 6.42 Å². The Labute approximate surface area is 83.8 Å². The summed E-state index contributed by atoms with van der Waals surface area (Å²) in [6, 6.07) is 1.14. The fourth-order valence-corrected chi connectivity index (χ4v) is 1.56. The van der Waals surface area contributed by atoms with Crippen molar-refractivity contribution in [1.29, 1.82) is 0 Å². The first kappa shape index (κ1) is 12.7. The topological polar surface area (TPSA) is 3.24 Å². The molecule has 0 aliphatic rings. The second-order valence-electron chi connectivity index (χ2n) is 4.41. The smallest absolute Gasteiger partial charge is 0.0304 e. The van der Waals surface area contributed by atoms with Gasteiger partial charge in [-0.25, -0.2) is 0 Å². The summed E-state index contributed by atoms with van der Waals surface area (Å²) in [7, 11) is 2.19. The van der Waals surface area contributed by atoms with Crippen LogP contribution in [0.25, 0.3) is 0 Å². The Kier molecular flexibility index (Phi) is 5.31. The van der Waals surface area contributed by atoms with E-state index in [1.807, 2.05) is 0 Å². The predicted molar refractivity (Wildman–Crippen MR) is 61.0 cm³/mol. The van der Waals surface area contributed by atoms with E-state index < -0.39 is 0 Å². The van der Waals surface area contributed by atoms with Gasteiger partial charge in [0.15, 0.2) is 0 Å². The fourth-order valence-electron chi connectivity index (χ4n) is 1.56. The van der Waals surface area contributed by atoms with Gasteiger partial charge in [-0.15, -0.1) is 0 Å². The van der Waals surface area contributed by atoms with Gasteiger partial charge in [0, 0.05) is 12.1 Å². The van der Waals surface area contributed by atoms with E-state index in [1.54, 1.807) is 0 Å². The molecule has 0 aromatic heterocycles. The molecule has 0 fully saturated rings. The molecule has 78 valence electrons. The fraction of sp³-hybridized carbons (Fsp3) is 0.833. The molecule has 0 saturated carbocycles. The highest BCUT2D eigenvalue weighted by Gasteiger charge is 2.19. The van der Waals surface area contributed by atoms with Crippen molar-refractivity contribution >= 4 is 0 Å². The lowest BCUT2D eigenvalue weighted by atomic mass is 9.94. The first-order chi connectivity index (χ1) is 5.91. The summed E-state index contributed by atoms with van der Waals surface area (Å²) in [5, 5.41) is 0. The molecule has 0 rings (SSSR count). The highest BCUT2D eigenvalue weighted by atomic mass is 15.1. The van der Waals surface area contributed by atoms with Crippen LogP contribution in [0.4, 0.5) is 0 Å². The molecule has 13 heavy (non-hydrogen) atoms. The van der Waals surface area contributed by atoms with Crippen LogP contribution in [0.3, 0.4) is 0 Å². The lowest BCUT2D eigenvalue weighted by molar-refractivity contribution is 0.207. The van der Waals surface area contributed by atoms with Crippen molar-refractivity contribution in [2.24, 2.45) is 5.92 Å². The van der Waals surface area contributed by atoms with Crippen LogP contribution in [-0.4, -0.2) is 24.0 Å². The number of hydrogen-bond donors (Lipinski definition) is 0. The van der Waals surface area contributed by atoms with Gasteiger partial charge in [-0.2, -0.15) is 0 Å². The summed E-state index contributed by atoms with van der Waals surface area (Å²) >= 11 is 0. The van der Waals surface area contributed by atoms with E-state index in [4.69, 9.17) is 0 Å². The zero-order valence-corrected chi connectivity index (χ0v) is 10.1. The lowest BCUT2D eigenvalue weighted by Crippen LogP contribution is -2.38. The standard InChI is InChI=1S/C12H25N/c1-8-12(11(6)9(2)3)13(7)10(4)5/h9-10,12H,6,8H2,1-5,7H3. The summed E-state index contributed by atoms with van der Waals surface area (Å²) in [5.74, 6) is 0.589. The third-order valence-electron chi connectivity index (χ3n) is 2.86. The maximum absolute atomic E-state index is 4.19. The van der Waals surface area contributed by atoms with Crippen LogP contribution < -0.4 is 0 Å². The predicted octanol–water partition coefficient (Wildman–Crippen LogP) is 3.32. The largest absolute Gasteiger partial charge is 0.297 e. The normalized spacial score (nSPS) is 14.2. The Morgan fingerprint density at radius 3 is 1.92 bits per heavy atom. The number of rotatable bonds is 5. The van der Waals surface area contributed by atoms with Crippen LogP contribution in [0, 0.1) is 5.92 Å². The van der Waals surface area contributed by atoms with Crippen molar-refractivity contribution in [2.45, 2.75) is 53.1 Å². The van der Waals surface area contributed by atoms with Gasteiger partial charge in [0.2, 0.25) is 0 Å². The van der Waals surface area contributed by atoms with Gasteiger partial charge >= 0.3 is 0 Å². The van der Waals surface area contributed by atoms with Crippen molar-refractivity contribution in [1.82, 2.24) is 4.90 Å². The summed E-state index contributed by atoms with van der Waals surface area (Å²) in [6.07, 6.45) is 1.16. The molecule has 1 heteroatoms. The average molecular weight is 183 g/mol. The Hall–Kier alpha value is -0.300. The van der Waals surface area contributed by atoms with E-state index >= 15 is 0 Å². The van der Waals surface area contributed by atoms with Crippen LogP contribution >= 0.6 is 0 Å². The number of nitrogens with zero attached hydrogens (tertiary/aromatic N) is 1. The SMILES string of the molecule is C=C(C(C)C)C(CC)N(C)C(C)C. The van der Waals surface area contributed by atoms with E-state index in [1.165, 1.54) is 5.57 Å². The minimum atomic E-state index is 0.542.